The number of nitrogens with one attached hydrogen (secondary N) is 1. The Kier molecular flexibility index (Phi) is 5.05. The van der Waals surface area contributed by atoms with Crippen molar-refractivity contribution >= 4 is 0 Å². The Balaban J connectivity index is 1.94. The summed E-state index contributed by atoms with van der Waals surface area (Å²) in [7, 11) is 1.66. The molecule has 2 rings (SSSR count). The van der Waals surface area contributed by atoms with Crippen molar-refractivity contribution in [2.24, 2.45) is 0 Å². The highest BCUT2D eigenvalue weighted by Crippen LogP contribution is 2.30. The van der Waals surface area contributed by atoms with Gasteiger partial charge in [0, 0.05) is 25.1 Å². The molecule has 3 unspecified atom stereocenters. The quantitative estimate of drug-likeness (QED) is 0.820. The normalized spacial score (nSPS) is 25.7. The number of likely N-dealkylation sites (N-methyl/N-ethyl adjacent to an activating group) is 1. The summed E-state index contributed by atoms with van der Waals surface area (Å²) in [5.74, 6) is 1.65. The van der Waals surface area contributed by atoms with E-state index >= 15 is 0 Å². The van der Waals surface area contributed by atoms with Crippen LogP contribution in [0.15, 0.2) is 24.3 Å². The maximum Gasteiger partial charge on any atom is 0.128 e. The van der Waals surface area contributed by atoms with Crippen molar-refractivity contribution < 1.29 is 14.2 Å². The van der Waals surface area contributed by atoms with E-state index in [4.69, 9.17) is 14.2 Å². The van der Waals surface area contributed by atoms with Gasteiger partial charge in [-0.05, 0) is 25.6 Å². The topological polar surface area (TPSA) is 39.7 Å². The van der Waals surface area contributed by atoms with Crippen LogP contribution in [0.3, 0.4) is 0 Å². The first-order chi connectivity index (χ1) is 9.28. The zero-order valence-corrected chi connectivity index (χ0v) is 11.9. The minimum Gasteiger partial charge on any atom is -0.497 e. The van der Waals surface area contributed by atoms with Gasteiger partial charge in [0.25, 0.3) is 0 Å². The number of rotatable bonds is 7. The highest BCUT2D eigenvalue weighted by Gasteiger charge is 2.43. The van der Waals surface area contributed by atoms with Crippen LogP contribution >= 0.6 is 0 Å². The average molecular weight is 265 g/mol. The van der Waals surface area contributed by atoms with Gasteiger partial charge in [-0.1, -0.05) is 13.0 Å². The molecule has 0 aromatic heterocycles. The van der Waals surface area contributed by atoms with Crippen molar-refractivity contribution in [3.05, 3.63) is 24.3 Å². The minimum atomic E-state index is 0.121. The zero-order valence-electron chi connectivity index (χ0n) is 11.9. The van der Waals surface area contributed by atoms with E-state index in [9.17, 15) is 0 Å². The molecule has 0 amide bonds. The molecule has 1 saturated carbocycles. The van der Waals surface area contributed by atoms with Gasteiger partial charge in [0.2, 0.25) is 0 Å². The number of benzene rings is 1. The summed E-state index contributed by atoms with van der Waals surface area (Å²) in [4.78, 5) is 0. The van der Waals surface area contributed by atoms with Gasteiger partial charge in [-0.3, -0.25) is 0 Å². The van der Waals surface area contributed by atoms with Gasteiger partial charge in [-0.25, -0.2) is 0 Å². The van der Waals surface area contributed by atoms with Crippen LogP contribution in [0.5, 0.6) is 11.5 Å². The fourth-order valence-electron chi connectivity index (χ4n) is 2.42. The van der Waals surface area contributed by atoms with Gasteiger partial charge in [-0.2, -0.15) is 0 Å². The first kappa shape index (κ1) is 14.2. The molecule has 19 heavy (non-hydrogen) atoms. The van der Waals surface area contributed by atoms with Crippen molar-refractivity contribution in [2.75, 3.05) is 20.3 Å². The molecule has 0 saturated heterocycles. The zero-order chi connectivity index (χ0) is 13.7. The van der Waals surface area contributed by atoms with Crippen LogP contribution in [0, 0.1) is 0 Å². The fourth-order valence-corrected chi connectivity index (χ4v) is 2.42. The lowest BCUT2D eigenvalue weighted by Crippen LogP contribution is -2.61. The minimum absolute atomic E-state index is 0.121. The second kappa shape index (κ2) is 6.78. The highest BCUT2D eigenvalue weighted by molar-refractivity contribution is 5.33. The van der Waals surface area contributed by atoms with Crippen LogP contribution in [0.2, 0.25) is 0 Å². The van der Waals surface area contributed by atoms with Gasteiger partial charge < -0.3 is 19.5 Å². The number of hydrogen-bond donors (Lipinski definition) is 1. The Bertz CT molecular complexity index is 397. The smallest absolute Gasteiger partial charge is 0.128 e. The van der Waals surface area contributed by atoms with E-state index in [0.717, 1.165) is 24.5 Å². The van der Waals surface area contributed by atoms with Crippen molar-refractivity contribution in [3.63, 3.8) is 0 Å². The Hall–Kier alpha value is -1.26. The molecule has 4 heteroatoms. The Morgan fingerprint density at radius 2 is 2.05 bits per heavy atom. The first-order valence-corrected chi connectivity index (χ1v) is 6.94. The maximum atomic E-state index is 5.99. The molecule has 1 aromatic rings. The molecule has 0 spiro atoms. The molecule has 0 aliphatic heterocycles. The summed E-state index contributed by atoms with van der Waals surface area (Å²) in [5.41, 5.74) is 0. The predicted octanol–water partition coefficient (Wildman–Crippen LogP) is 2.23. The first-order valence-electron chi connectivity index (χ1n) is 6.94. The third-order valence-electron chi connectivity index (χ3n) is 3.40. The van der Waals surface area contributed by atoms with Gasteiger partial charge in [0.15, 0.2) is 0 Å². The second-order valence-electron chi connectivity index (χ2n) is 4.66. The molecule has 0 radical (unpaired) electrons. The van der Waals surface area contributed by atoms with Crippen molar-refractivity contribution in [2.45, 2.75) is 38.5 Å². The lowest BCUT2D eigenvalue weighted by atomic mass is 9.85. The van der Waals surface area contributed by atoms with Crippen molar-refractivity contribution in [1.29, 1.82) is 0 Å². The van der Waals surface area contributed by atoms with E-state index in [1.165, 1.54) is 0 Å². The molecule has 0 bridgehead atoms. The predicted molar refractivity (Wildman–Crippen MR) is 74.9 cm³/mol. The third-order valence-corrected chi connectivity index (χ3v) is 3.40. The van der Waals surface area contributed by atoms with Crippen LogP contribution in [0.25, 0.3) is 0 Å². The molecular weight excluding hydrogens is 242 g/mol. The van der Waals surface area contributed by atoms with E-state index < -0.39 is 0 Å². The molecular formula is C15H23NO3. The second-order valence-corrected chi connectivity index (χ2v) is 4.66. The van der Waals surface area contributed by atoms with Crippen LogP contribution in [0.4, 0.5) is 0 Å². The summed E-state index contributed by atoms with van der Waals surface area (Å²) >= 11 is 0. The molecule has 4 nitrogen and oxygen atoms in total. The number of ether oxygens (including phenoxy) is 3. The van der Waals surface area contributed by atoms with E-state index in [2.05, 4.69) is 12.2 Å². The standard InChI is InChI=1S/C15H23NO3/c1-4-16-13-10-14(15(13)18-5-2)19-12-8-6-7-11(9-12)17-3/h6-9,13-16H,4-5,10H2,1-3H3. The van der Waals surface area contributed by atoms with E-state index in [-0.39, 0.29) is 12.2 Å². The Morgan fingerprint density at radius 3 is 2.74 bits per heavy atom. The van der Waals surface area contributed by atoms with Crippen molar-refractivity contribution in [3.8, 4) is 11.5 Å². The van der Waals surface area contributed by atoms with Gasteiger partial charge in [0.1, 0.15) is 23.7 Å². The molecule has 1 fully saturated rings. The van der Waals surface area contributed by atoms with Gasteiger partial charge >= 0.3 is 0 Å². The monoisotopic (exact) mass is 265 g/mol. The van der Waals surface area contributed by atoms with E-state index in [1.807, 2.05) is 31.2 Å². The van der Waals surface area contributed by atoms with Crippen molar-refractivity contribution in [1.82, 2.24) is 5.32 Å². The van der Waals surface area contributed by atoms with Crippen LogP contribution in [-0.2, 0) is 4.74 Å². The van der Waals surface area contributed by atoms with Crippen LogP contribution < -0.4 is 14.8 Å². The number of hydrogen-bond acceptors (Lipinski definition) is 4. The fraction of sp³-hybridized carbons (Fsp3) is 0.600. The van der Waals surface area contributed by atoms with E-state index in [0.29, 0.717) is 12.6 Å². The van der Waals surface area contributed by atoms with Crippen LogP contribution in [-0.4, -0.2) is 38.5 Å². The Morgan fingerprint density at radius 1 is 1.26 bits per heavy atom. The lowest BCUT2D eigenvalue weighted by Gasteiger charge is -2.44. The molecule has 1 N–H and O–H groups in total. The number of methoxy groups -OCH3 is 1. The lowest BCUT2D eigenvalue weighted by molar-refractivity contribution is -0.104. The summed E-state index contributed by atoms with van der Waals surface area (Å²) in [6, 6.07) is 8.11. The molecule has 1 aromatic carbocycles. The van der Waals surface area contributed by atoms with Gasteiger partial charge in [0.05, 0.1) is 7.11 Å². The summed E-state index contributed by atoms with van der Waals surface area (Å²) in [6.07, 6.45) is 1.24. The molecule has 106 valence electrons. The summed E-state index contributed by atoms with van der Waals surface area (Å²) in [6.45, 7) is 5.80. The Labute approximate surface area is 115 Å². The molecule has 3 atom stereocenters. The molecule has 0 heterocycles. The van der Waals surface area contributed by atoms with E-state index in [1.54, 1.807) is 7.11 Å². The third kappa shape index (κ3) is 3.39. The highest BCUT2D eigenvalue weighted by atomic mass is 16.5. The molecule has 1 aliphatic carbocycles. The average Bonchev–Trinajstić information content (AvgIpc) is 2.44. The van der Waals surface area contributed by atoms with Crippen LogP contribution in [0.1, 0.15) is 20.3 Å². The SMILES string of the molecule is CCNC1CC(Oc2cccc(OC)c2)C1OCC. The summed E-state index contributed by atoms with van der Waals surface area (Å²) < 4.78 is 17.0. The summed E-state index contributed by atoms with van der Waals surface area (Å²) in [5, 5.41) is 3.43. The largest absolute Gasteiger partial charge is 0.497 e. The maximum absolute atomic E-state index is 5.99. The molecule has 1 aliphatic rings. The van der Waals surface area contributed by atoms with Gasteiger partial charge in [-0.15, -0.1) is 0 Å².